The lowest BCUT2D eigenvalue weighted by Crippen LogP contribution is -2.57. The highest BCUT2D eigenvalue weighted by Crippen LogP contribution is 2.20. The van der Waals surface area contributed by atoms with Crippen molar-refractivity contribution in [2.75, 3.05) is 13.2 Å². The Morgan fingerprint density at radius 3 is 1.63 bits per heavy atom. The van der Waals surface area contributed by atoms with Crippen LogP contribution in [-0.4, -0.2) is 56.5 Å². The number of ether oxygens (including phenoxy) is 4. The van der Waals surface area contributed by atoms with Crippen molar-refractivity contribution in [1.29, 1.82) is 0 Å². The summed E-state index contributed by atoms with van der Waals surface area (Å²) >= 11 is 0. The van der Waals surface area contributed by atoms with Gasteiger partial charge in [-0.25, -0.2) is 14.6 Å². The van der Waals surface area contributed by atoms with E-state index in [1.807, 2.05) is 128 Å². The number of alkyl carbamates (subject to hydrolysis) is 1. The van der Waals surface area contributed by atoms with E-state index in [-0.39, 0.29) is 19.8 Å². The molecule has 49 heavy (non-hydrogen) atoms. The third-order valence-corrected chi connectivity index (χ3v) is 9.38. The van der Waals surface area contributed by atoms with Crippen molar-refractivity contribution in [2.24, 2.45) is 0 Å². The van der Waals surface area contributed by atoms with Crippen LogP contribution in [0, 0.1) is 0 Å². The largest absolute Gasteiger partial charge is 0.445 e. The van der Waals surface area contributed by atoms with E-state index in [2.05, 4.69) is 30.4 Å². The van der Waals surface area contributed by atoms with Gasteiger partial charge in [0.15, 0.2) is 0 Å². The highest BCUT2D eigenvalue weighted by Gasteiger charge is 2.36. The van der Waals surface area contributed by atoms with Gasteiger partial charge in [-0.05, 0) is 35.6 Å². The van der Waals surface area contributed by atoms with Crippen LogP contribution in [0.25, 0.3) is 0 Å². The second-order valence-corrected chi connectivity index (χ2v) is 18.1. The Morgan fingerprint density at radius 1 is 0.673 bits per heavy atom. The van der Waals surface area contributed by atoms with Crippen molar-refractivity contribution >= 4 is 20.3 Å². The van der Waals surface area contributed by atoms with Crippen LogP contribution >= 0.6 is 0 Å². The molecule has 3 unspecified atom stereocenters. The Hall–Kier alpha value is -4.48. The number of hydrogen-bond donors (Lipinski definition) is 2. The highest BCUT2D eigenvalue weighted by molar-refractivity contribution is 6.77. The first kappa shape index (κ1) is 37.3. The molecule has 2 amide bonds. The van der Waals surface area contributed by atoms with Gasteiger partial charge >= 0.3 is 12.2 Å². The van der Waals surface area contributed by atoms with Crippen molar-refractivity contribution in [3.63, 3.8) is 0 Å². The fraction of sp³-hybridized carbons (Fsp3) is 0.333. The quantitative estimate of drug-likeness (QED) is 0.0637. The number of carbonyl (C=O) groups excluding carboxylic acids is 2. The zero-order valence-corrected chi connectivity index (χ0v) is 29.9. The molecule has 4 aromatic carbocycles. The van der Waals surface area contributed by atoms with E-state index in [1.54, 1.807) is 5.01 Å². The van der Waals surface area contributed by atoms with Crippen LogP contribution in [0.5, 0.6) is 0 Å². The number of amides is 2. The minimum atomic E-state index is -2.03. The van der Waals surface area contributed by atoms with Gasteiger partial charge in [-0.1, -0.05) is 141 Å². The normalized spacial score (nSPS) is 13.2. The van der Waals surface area contributed by atoms with Crippen LogP contribution in [0.15, 0.2) is 121 Å². The number of rotatable bonds is 18. The summed E-state index contributed by atoms with van der Waals surface area (Å²) in [6, 6.07) is 38.3. The van der Waals surface area contributed by atoms with Gasteiger partial charge in [-0.2, -0.15) is 0 Å². The number of carbonyl (C=O) groups is 2. The maximum atomic E-state index is 13.4. The predicted molar refractivity (Wildman–Crippen MR) is 194 cm³/mol. The molecule has 0 radical (unpaired) electrons. The Kier molecular flexibility index (Phi) is 14.9. The topological polar surface area (TPSA) is 98.4 Å². The molecule has 3 atom stereocenters. The van der Waals surface area contributed by atoms with E-state index in [1.165, 1.54) is 0 Å². The zero-order chi connectivity index (χ0) is 34.9. The summed E-state index contributed by atoms with van der Waals surface area (Å²) in [5.41, 5.74) is 6.70. The smallest absolute Gasteiger partial charge is 0.422 e. The molecule has 10 heteroatoms. The first-order valence-corrected chi connectivity index (χ1v) is 20.3. The SMILES string of the molecule is CCOC(OC(CN(Cc1ccccc1)NC(=O)OCc1ccccc1)C(Cc1ccccc1)NC(=O)OCc1ccccc1)[Si](C)(C)C. The van der Waals surface area contributed by atoms with Crippen molar-refractivity contribution in [3.8, 4) is 0 Å². The average Bonchev–Trinajstić information content (AvgIpc) is 3.10. The van der Waals surface area contributed by atoms with Crippen molar-refractivity contribution in [1.82, 2.24) is 15.8 Å². The summed E-state index contributed by atoms with van der Waals surface area (Å²) in [5.74, 6) is -0.480. The molecule has 0 fully saturated rings. The Labute approximate surface area is 291 Å². The van der Waals surface area contributed by atoms with Crippen molar-refractivity contribution in [2.45, 2.75) is 70.8 Å². The lowest BCUT2D eigenvalue weighted by Gasteiger charge is -2.38. The average molecular weight is 684 g/mol. The second-order valence-electron chi connectivity index (χ2n) is 12.9. The fourth-order valence-electron chi connectivity index (χ4n) is 5.18. The van der Waals surface area contributed by atoms with Crippen LogP contribution < -0.4 is 10.7 Å². The van der Waals surface area contributed by atoms with Gasteiger partial charge in [-0.3, -0.25) is 5.43 Å². The summed E-state index contributed by atoms with van der Waals surface area (Å²) in [5, 5.41) is 4.88. The fourth-order valence-corrected chi connectivity index (χ4v) is 6.43. The molecule has 0 heterocycles. The predicted octanol–water partition coefficient (Wildman–Crippen LogP) is 7.49. The number of hydrogen-bond acceptors (Lipinski definition) is 7. The number of benzene rings is 4. The van der Waals surface area contributed by atoms with Crippen LogP contribution in [0.3, 0.4) is 0 Å². The van der Waals surface area contributed by atoms with Gasteiger partial charge in [0.2, 0.25) is 0 Å². The minimum Gasteiger partial charge on any atom is -0.445 e. The molecule has 0 spiro atoms. The Morgan fingerprint density at radius 2 is 1.14 bits per heavy atom. The van der Waals surface area contributed by atoms with Crippen molar-refractivity contribution in [3.05, 3.63) is 144 Å². The van der Waals surface area contributed by atoms with Gasteiger partial charge in [0.05, 0.1) is 12.1 Å². The summed E-state index contributed by atoms with van der Waals surface area (Å²) in [6.45, 7) is 9.77. The third kappa shape index (κ3) is 13.5. The highest BCUT2D eigenvalue weighted by atomic mass is 28.3. The van der Waals surface area contributed by atoms with Crippen LogP contribution in [0.2, 0.25) is 19.6 Å². The van der Waals surface area contributed by atoms with Crippen LogP contribution in [-0.2, 0) is 45.1 Å². The summed E-state index contributed by atoms with van der Waals surface area (Å²) < 4.78 is 24.3. The van der Waals surface area contributed by atoms with Gasteiger partial charge in [-0.15, -0.1) is 0 Å². The molecule has 0 aliphatic heterocycles. The number of nitrogens with zero attached hydrogens (tertiary/aromatic N) is 1. The van der Waals surface area contributed by atoms with Gasteiger partial charge in [0.1, 0.15) is 27.2 Å². The van der Waals surface area contributed by atoms with E-state index in [0.29, 0.717) is 19.6 Å². The van der Waals surface area contributed by atoms with E-state index >= 15 is 0 Å². The van der Waals surface area contributed by atoms with Gasteiger partial charge in [0.25, 0.3) is 0 Å². The third-order valence-electron chi connectivity index (χ3n) is 7.67. The molecule has 2 N–H and O–H groups in total. The van der Waals surface area contributed by atoms with E-state index in [4.69, 9.17) is 18.9 Å². The number of nitrogens with one attached hydrogen (secondary N) is 2. The molecule has 0 saturated carbocycles. The molecule has 0 aliphatic carbocycles. The maximum Gasteiger partial charge on any atom is 0.422 e. The summed E-state index contributed by atoms with van der Waals surface area (Å²) in [4.78, 5) is 26.6. The number of hydrazine groups is 1. The molecule has 0 saturated heterocycles. The van der Waals surface area contributed by atoms with E-state index in [9.17, 15) is 9.59 Å². The molecule has 0 aliphatic rings. The molecular weight excluding hydrogens is 635 g/mol. The lowest BCUT2D eigenvalue weighted by molar-refractivity contribution is -0.141. The summed E-state index contributed by atoms with van der Waals surface area (Å²) in [7, 11) is -2.03. The first-order chi connectivity index (χ1) is 23.7. The molecule has 0 bridgehead atoms. The summed E-state index contributed by atoms with van der Waals surface area (Å²) in [6.07, 6.45) is -1.34. The second kappa shape index (κ2) is 19.5. The van der Waals surface area contributed by atoms with Crippen LogP contribution in [0.1, 0.15) is 29.2 Å². The van der Waals surface area contributed by atoms with Crippen LogP contribution in [0.4, 0.5) is 9.59 Å². The molecule has 4 aromatic rings. The lowest BCUT2D eigenvalue weighted by atomic mass is 10.0. The van der Waals surface area contributed by atoms with Gasteiger partial charge < -0.3 is 24.3 Å². The monoisotopic (exact) mass is 683 g/mol. The van der Waals surface area contributed by atoms with Gasteiger partial charge in [0, 0.05) is 19.7 Å². The standard InChI is InChI=1S/C39H49N3O6Si/c1-5-45-39(49(2,3)4)48-36(35(26-31-18-10-6-11-19-31)40-37(43)46-29-33-22-14-8-15-23-33)28-42(27-32-20-12-7-13-21-32)41-38(44)47-30-34-24-16-9-17-25-34/h6-25,35-36,39H,5,26-30H2,1-4H3,(H,40,43)(H,41,44). The maximum absolute atomic E-state index is 13.4. The minimum absolute atomic E-state index is 0.124. The molecule has 260 valence electrons. The zero-order valence-electron chi connectivity index (χ0n) is 28.9. The molecule has 4 rings (SSSR count). The van der Waals surface area contributed by atoms with E-state index < -0.39 is 38.3 Å². The Balaban J connectivity index is 1.63. The first-order valence-electron chi connectivity index (χ1n) is 16.7. The molecular formula is C39H49N3O6Si. The van der Waals surface area contributed by atoms with E-state index in [0.717, 1.165) is 22.3 Å². The Bertz CT molecular complexity index is 1520. The molecule has 9 nitrogen and oxygen atoms in total. The van der Waals surface area contributed by atoms with Crippen molar-refractivity contribution < 1.29 is 28.5 Å². The molecule has 0 aromatic heterocycles.